The van der Waals surface area contributed by atoms with Gasteiger partial charge >= 0.3 is 0 Å². The van der Waals surface area contributed by atoms with E-state index in [-0.39, 0.29) is 5.56 Å². The molecule has 0 N–H and O–H groups in total. The molecule has 55 valence electrons. The molecule has 0 atom stereocenters. The topological polar surface area (TPSA) is 47.3 Å². The second kappa shape index (κ2) is 2.13. The first-order valence-electron chi connectivity index (χ1n) is 3.01. The highest BCUT2D eigenvalue weighted by atomic mass is 32.1. The number of hydrogen-bond donors (Lipinski definition) is 0. The maximum Gasteiger partial charge on any atom is 0.274 e. The van der Waals surface area contributed by atoms with Crippen LogP contribution in [0, 0.1) is 12.4 Å². The molecule has 0 fully saturated rings. The van der Waals surface area contributed by atoms with Gasteiger partial charge in [0.05, 0.1) is 0 Å². The Bertz CT molecular complexity index is 444. The normalized spacial score (nSPS) is 10.6. The molecule has 1 radical (unpaired) electrons. The van der Waals surface area contributed by atoms with E-state index in [1.54, 1.807) is 4.52 Å². The molecule has 0 aliphatic heterocycles. The van der Waals surface area contributed by atoms with E-state index in [0.717, 1.165) is 5.69 Å². The Morgan fingerprint density at radius 2 is 2.55 bits per heavy atom. The second-order valence-electron chi connectivity index (χ2n) is 2.12. The third-order valence-electron chi connectivity index (χ3n) is 1.33. The second-order valence-corrected chi connectivity index (χ2v) is 2.88. The summed E-state index contributed by atoms with van der Waals surface area (Å²) >= 11 is 1.23. The SMILES string of the molecule is Cc1cc(=O)nc2s[c]nn12. The van der Waals surface area contributed by atoms with Crippen LogP contribution < -0.4 is 5.56 Å². The highest BCUT2D eigenvalue weighted by molar-refractivity contribution is 7.14. The summed E-state index contributed by atoms with van der Waals surface area (Å²) in [4.78, 5) is 15.2. The van der Waals surface area contributed by atoms with E-state index < -0.39 is 0 Å². The van der Waals surface area contributed by atoms with Crippen LogP contribution in [0.25, 0.3) is 4.96 Å². The van der Waals surface area contributed by atoms with Gasteiger partial charge in [0.15, 0.2) is 5.51 Å². The summed E-state index contributed by atoms with van der Waals surface area (Å²) in [7, 11) is 0. The molecule has 2 heterocycles. The maximum absolute atomic E-state index is 10.8. The van der Waals surface area contributed by atoms with Gasteiger partial charge in [-0.1, -0.05) is 11.3 Å². The third kappa shape index (κ3) is 0.932. The average Bonchev–Trinajstić information content (AvgIpc) is 2.34. The van der Waals surface area contributed by atoms with Crippen LogP contribution in [-0.4, -0.2) is 14.6 Å². The largest absolute Gasteiger partial charge is 0.274 e. The van der Waals surface area contributed by atoms with Gasteiger partial charge in [0.25, 0.3) is 5.56 Å². The summed E-state index contributed by atoms with van der Waals surface area (Å²) in [5, 5.41) is 3.87. The Kier molecular flexibility index (Phi) is 1.25. The van der Waals surface area contributed by atoms with E-state index in [1.807, 2.05) is 6.92 Å². The maximum atomic E-state index is 10.8. The number of aromatic nitrogens is 3. The van der Waals surface area contributed by atoms with Gasteiger partial charge in [-0.3, -0.25) is 4.79 Å². The predicted octanol–water partition coefficient (Wildman–Crippen LogP) is 0.260. The van der Waals surface area contributed by atoms with Crippen molar-refractivity contribution in [2.24, 2.45) is 0 Å². The molecular weight excluding hydrogens is 162 g/mol. The minimum atomic E-state index is -0.222. The van der Waals surface area contributed by atoms with Crippen LogP contribution in [0.15, 0.2) is 10.9 Å². The average molecular weight is 166 g/mol. The summed E-state index contributed by atoms with van der Waals surface area (Å²) in [5.74, 6) is 0. The fourth-order valence-corrected chi connectivity index (χ4v) is 1.47. The molecule has 11 heavy (non-hydrogen) atoms. The lowest BCUT2D eigenvalue weighted by molar-refractivity contribution is 0.884. The van der Waals surface area contributed by atoms with E-state index >= 15 is 0 Å². The Morgan fingerprint density at radius 1 is 1.73 bits per heavy atom. The van der Waals surface area contributed by atoms with Crippen molar-refractivity contribution in [3.05, 3.63) is 27.6 Å². The van der Waals surface area contributed by atoms with E-state index in [4.69, 9.17) is 0 Å². The van der Waals surface area contributed by atoms with Crippen molar-refractivity contribution < 1.29 is 0 Å². The minimum absolute atomic E-state index is 0.222. The third-order valence-corrected chi connectivity index (χ3v) is 1.95. The van der Waals surface area contributed by atoms with Crippen LogP contribution in [0.2, 0.25) is 0 Å². The summed E-state index contributed by atoms with van der Waals surface area (Å²) < 4.78 is 1.59. The first kappa shape index (κ1) is 6.48. The number of nitrogens with zero attached hydrogens (tertiary/aromatic N) is 3. The molecule has 2 aromatic heterocycles. The first-order chi connectivity index (χ1) is 5.27. The summed E-state index contributed by atoms with van der Waals surface area (Å²) in [6.45, 7) is 1.81. The predicted molar refractivity (Wildman–Crippen MR) is 40.7 cm³/mol. The fraction of sp³-hybridized carbons (Fsp3) is 0.167. The molecule has 0 unspecified atom stereocenters. The molecule has 4 nitrogen and oxygen atoms in total. The van der Waals surface area contributed by atoms with Crippen molar-refractivity contribution >= 4 is 16.3 Å². The standard InChI is InChI=1S/C6H4N3OS/c1-4-2-5(10)8-6-9(4)7-3-11-6/h2H,1H3. The molecule has 2 rings (SSSR count). The lowest BCUT2D eigenvalue weighted by Crippen LogP contribution is -2.08. The fourth-order valence-electron chi connectivity index (χ4n) is 0.854. The van der Waals surface area contributed by atoms with Crippen LogP contribution in [0.1, 0.15) is 5.69 Å². The van der Waals surface area contributed by atoms with Gasteiger partial charge in [-0.05, 0) is 6.92 Å². The highest BCUT2D eigenvalue weighted by Crippen LogP contribution is 2.03. The van der Waals surface area contributed by atoms with E-state index in [0.29, 0.717) is 4.96 Å². The van der Waals surface area contributed by atoms with Gasteiger partial charge in [0.2, 0.25) is 4.96 Å². The minimum Gasteiger partial charge on any atom is -0.267 e. The zero-order chi connectivity index (χ0) is 7.84. The van der Waals surface area contributed by atoms with Crippen LogP contribution >= 0.6 is 11.3 Å². The van der Waals surface area contributed by atoms with Crippen molar-refractivity contribution in [2.75, 3.05) is 0 Å². The Hall–Kier alpha value is -1.23. The van der Waals surface area contributed by atoms with Gasteiger partial charge in [-0.25, -0.2) is 4.52 Å². The van der Waals surface area contributed by atoms with Crippen molar-refractivity contribution in [1.29, 1.82) is 0 Å². The van der Waals surface area contributed by atoms with Gasteiger partial charge in [0.1, 0.15) is 0 Å². The lowest BCUT2D eigenvalue weighted by Gasteiger charge is -1.92. The molecule has 0 bridgehead atoms. The van der Waals surface area contributed by atoms with Crippen molar-refractivity contribution in [3.63, 3.8) is 0 Å². The van der Waals surface area contributed by atoms with E-state index in [9.17, 15) is 4.79 Å². The number of aryl methyl sites for hydroxylation is 1. The summed E-state index contributed by atoms with van der Waals surface area (Å²) in [5.41, 5.74) is 3.23. The zero-order valence-corrected chi connectivity index (χ0v) is 6.55. The van der Waals surface area contributed by atoms with Crippen molar-refractivity contribution in [3.8, 4) is 0 Å². The molecule has 0 spiro atoms. The summed E-state index contributed by atoms with van der Waals surface area (Å²) in [6, 6.07) is 1.44. The summed E-state index contributed by atoms with van der Waals surface area (Å²) in [6.07, 6.45) is 0. The van der Waals surface area contributed by atoms with Gasteiger partial charge in [-0.15, -0.1) is 0 Å². The molecule has 0 aliphatic rings. The Labute approximate surface area is 66.1 Å². The molecule has 5 heteroatoms. The number of rotatable bonds is 0. The van der Waals surface area contributed by atoms with Crippen molar-refractivity contribution in [2.45, 2.75) is 6.92 Å². The quantitative estimate of drug-likeness (QED) is 0.564. The molecule has 0 saturated carbocycles. The molecule has 0 amide bonds. The smallest absolute Gasteiger partial charge is 0.267 e. The van der Waals surface area contributed by atoms with E-state index in [1.165, 1.54) is 17.4 Å². The molecule has 2 aromatic rings. The van der Waals surface area contributed by atoms with Crippen LogP contribution in [0.5, 0.6) is 0 Å². The molecule has 0 aromatic carbocycles. The monoisotopic (exact) mass is 166 g/mol. The molecule has 0 aliphatic carbocycles. The van der Waals surface area contributed by atoms with Crippen LogP contribution in [-0.2, 0) is 0 Å². The first-order valence-corrected chi connectivity index (χ1v) is 3.82. The lowest BCUT2D eigenvalue weighted by atomic mass is 10.5. The highest BCUT2D eigenvalue weighted by Gasteiger charge is 1.99. The zero-order valence-electron chi connectivity index (χ0n) is 5.74. The number of fused-ring (bicyclic) bond motifs is 1. The number of hydrogen-bond acceptors (Lipinski definition) is 4. The molecule has 0 saturated heterocycles. The van der Waals surface area contributed by atoms with Crippen molar-refractivity contribution in [1.82, 2.24) is 14.6 Å². The van der Waals surface area contributed by atoms with E-state index in [2.05, 4.69) is 15.6 Å². The van der Waals surface area contributed by atoms with Crippen LogP contribution in [0.4, 0.5) is 0 Å². The van der Waals surface area contributed by atoms with Crippen LogP contribution in [0.3, 0.4) is 0 Å². The van der Waals surface area contributed by atoms with Gasteiger partial charge in [-0.2, -0.15) is 10.1 Å². The van der Waals surface area contributed by atoms with Gasteiger partial charge < -0.3 is 0 Å². The molecular formula is C6H4N3OS. The van der Waals surface area contributed by atoms with Gasteiger partial charge in [0, 0.05) is 11.8 Å². The Morgan fingerprint density at radius 3 is 3.36 bits per heavy atom. The Balaban J connectivity index is 3.02.